The Hall–Kier alpha value is -3.13. The number of nitrogens with zero attached hydrogens (tertiary/aromatic N) is 3. The number of hydrogen-bond acceptors (Lipinski definition) is 3. The van der Waals surface area contributed by atoms with Gasteiger partial charge in [0.15, 0.2) is 17.5 Å². The highest BCUT2D eigenvalue weighted by Gasteiger charge is 2.21. The van der Waals surface area contributed by atoms with Crippen molar-refractivity contribution in [2.45, 2.75) is 26.8 Å². The van der Waals surface area contributed by atoms with Crippen molar-refractivity contribution >= 4 is 17.4 Å². The highest BCUT2D eigenvalue weighted by Crippen LogP contribution is 2.23. The second-order valence-corrected chi connectivity index (χ2v) is 6.75. The number of benzene rings is 2. The Balaban J connectivity index is 1.99. The van der Waals surface area contributed by atoms with Gasteiger partial charge < -0.3 is 10.4 Å². The van der Waals surface area contributed by atoms with Crippen LogP contribution in [0.25, 0.3) is 0 Å². The molecular formula is C21H21F3N4O. The summed E-state index contributed by atoms with van der Waals surface area (Å²) in [4.78, 5) is 4.61. The van der Waals surface area contributed by atoms with E-state index in [-0.39, 0.29) is 18.7 Å². The van der Waals surface area contributed by atoms with Crippen LogP contribution in [0.1, 0.15) is 23.6 Å². The normalized spacial score (nSPS) is 15.5. The fourth-order valence-corrected chi connectivity index (χ4v) is 2.82. The summed E-state index contributed by atoms with van der Waals surface area (Å²) in [6.07, 6.45) is 0.493. The molecule has 0 saturated heterocycles. The molecule has 8 heteroatoms. The summed E-state index contributed by atoms with van der Waals surface area (Å²) in [5, 5.41) is 18.0. The Labute approximate surface area is 166 Å². The van der Waals surface area contributed by atoms with E-state index in [1.807, 2.05) is 25.1 Å². The third-order valence-electron chi connectivity index (χ3n) is 4.49. The van der Waals surface area contributed by atoms with Crippen LogP contribution in [0.2, 0.25) is 0 Å². The number of hydrazone groups is 1. The van der Waals surface area contributed by atoms with Gasteiger partial charge in [-0.1, -0.05) is 18.7 Å². The van der Waals surface area contributed by atoms with Gasteiger partial charge in [-0.3, -0.25) is 0 Å². The number of aryl methyl sites for hydroxylation is 1. The summed E-state index contributed by atoms with van der Waals surface area (Å²) in [6.45, 7) is 7.50. The van der Waals surface area contributed by atoms with Crippen LogP contribution >= 0.6 is 0 Å². The number of aliphatic hydroxyl groups is 1. The molecule has 29 heavy (non-hydrogen) atoms. The lowest BCUT2D eigenvalue weighted by Crippen LogP contribution is -2.43. The van der Waals surface area contributed by atoms with Gasteiger partial charge in [-0.15, -0.1) is 0 Å². The van der Waals surface area contributed by atoms with Crippen molar-refractivity contribution in [3.63, 3.8) is 0 Å². The summed E-state index contributed by atoms with van der Waals surface area (Å²) >= 11 is 0. The lowest BCUT2D eigenvalue weighted by molar-refractivity contribution is 0.299. The zero-order valence-electron chi connectivity index (χ0n) is 16.1. The van der Waals surface area contributed by atoms with Crippen LogP contribution in [0, 0.1) is 24.4 Å². The maximum atomic E-state index is 13.6. The zero-order chi connectivity index (χ0) is 21.1. The SMILES string of the molecule is C=C1NC(=Nc2cc(CCO)ccc2C)N(Cc2cc(F)c(F)c(F)c2)N=C1C. The van der Waals surface area contributed by atoms with E-state index in [1.54, 1.807) is 6.92 Å². The van der Waals surface area contributed by atoms with Gasteiger partial charge in [0.25, 0.3) is 0 Å². The quantitative estimate of drug-likeness (QED) is 0.745. The molecule has 0 unspecified atom stereocenters. The summed E-state index contributed by atoms with van der Waals surface area (Å²) < 4.78 is 40.4. The fourth-order valence-electron chi connectivity index (χ4n) is 2.82. The topological polar surface area (TPSA) is 60.2 Å². The van der Waals surface area contributed by atoms with Crippen LogP contribution in [-0.2, 0) is 13.0 Å². The first-order valence-electron chi connectivity index (χ1n) is 9.00. The van der Waals surface area contributed by atoms with Gasteiger partial charge in [-0.05, 0) is 55.2 Å². The molecule has 1 heterocycles. The van der Waals surface area contributed by atoms with Crippen molar-refractivity contribution in [1.82, 2.24) is 10.3 Å². The molecule has 0 spiro atoms. The van der Waals surface area contributed by atoms with E-state index in [4.69, 9.17) is 5.11 Å². The first kappa shape index (κ1) is 20.6. The van der Waals surface area contributed by atoms with Gasteiger partial charge in [0.1, 0.15) is 0 Å². The van der Waals surface area contributed by atoms with Crippen molar-refractivity contribution in [2.24, 2.45) is 10.1 Å². The van der Waals surface area contributed by atoms with Crippen LogP contribution < -0.4 is 5.32 Å². The van der Waals surface area contributed by atoms with E-state index < -0.39 is 17.5 Å². The van der Waals surface area contributed by atoms with E-state index in [0.717, 1.165) is 23.3 Å². The van der Waals surface area contributed by atoms with Crippen LogP contribution in [-0.4, -0.2) is 28.4 Å². The van der Waals surface area contributed by atoms with Crippen molar-refractivity contribution in [2.75, 3.05) is 6.61 Å². The minimum atomic E-state index is -1.51. The molecule has 2 aromatic rings. The molecule has 0 atom stereocenters. The van der Waals surface area contributed by atoms with Crippen LogP contribution in [0.5, 0.6) is 0 Å². The molecular weight excluding hydrogens is 381 g/mol. The molecule has 5 nitrogen and oxygen atoms in total. The third kappa shape index (κ3) is 4.65. The van der Waals surface area contributed by atoms with Crippen LogP contribution in [0.4, 0.5) is 18.9 Å². The molecule has 0 amide bonds. The predicted molar refractivity (Wildman–Crippen MR) is 106 cm³/mol. The molecule has 0 radical (unpaired) electrons. The number of aliphatic hydroxyl groups excluding tert-OH is 1. The molecule has 0 aliphatic carbocycles. The highest BCUT2D eigenvalue weighted by molar-refractivity contribution is 6.04. The largest absolute Gasteiger partial charge is 0.396 e. The molecule has 3 rings (SSSR count). The summed E-state index contributed by atoms with van der Waals surface area (Å²) in [7, 11) is 0. The van der Waals surface area contributed by atoms with E-state index in [9.17, 15) is 13.2 Å². The first-order valence-corrected chi connectivity index (χ1v) is 9.00. The van der Waals surface area contributed by atoms with E-state index in [0.29, 0.717) is 29.5 Å². The molecule has 0 aromatic heterocycles. The van der Waals surface area contributed by atoms with Crippen LogP contribution in [0.3, 0.4) is 0 Å². The van der Waals surface area contributed by atoms with Gasteiger partial charge in [-0.25, -0.2) is 23.2 Å². The minimum absolute atomic E-state index is 0.0193. The number of hydrogen-bond donors (Lipinski definition) is 2. The Bertz CT molecular complexity index is 994. The molecule has 1 aliphatic heterocycles. The smallest absolute Gasteiger partial charge is 0.224 e. The number of nitrogens with one attached hydrogen (secondary N) is 1. The number of rotatable bonds is 5. The van der Waals surface area contributed by atoms with Crippen LogP contribution in [0.15, 0.2) is 52.7 Å². The Morgan fingerprint density at radius 2 is 1.79 bits per heavy atom. The van der Waals surface area contributed by atoms with Crippen molar-refractivity contribution < 1.29 is 18.3 Å². The van der Waals surface area contributed by atoms with Crippen molar-refractivity contribution in [3.05, 3.63) is 76.7 Å². The first-order chi connectivity index (χ1) is 13.8. The van der Waals surface area contributed by atoms with E-state index >= 15 is 0 Å². The monoisotopic (exact) mass is 402 g/mol. The predicted octanol–water partition coefficient (Wildman–Crippen LogP) is 3.93. The lowest BCUT2D eigenvalue weighted by atomic mass is 10.1. The summed E-state index contributed by atoms with van der Waals surface area (Å²) in [6, 6.07) is 7.51. The van der Waals surface area contributed by atoms with Gasteiger partial charge in [0.2, 0.25) is 5.96 Å². The number of halogens is 3. The van der Waals surface area contributed by atoms with Gasteiger partial charge >= 0.3 is 0 Å². The molecule has 2 aromatic carbocycles. The van der Waals surface area contributed by atoms with E-state index in [2.05, 4.69) is 22.0 Å². The average Bonchev–Trinajstić information content (AvgIpc) is 2.66. The summed E-state index contributed by atoms with van der Waals surface area (Å²) in [5.41, 5.74) is 3.80. The Kier molecular flexibility index (Phi) is 6.03. The maximum Gasteiger partial charge on any atom is 0.224 e. The standard InChI is InChI=1S/C21H21F3N4O/c1-12-4-5-15(6-7-29)10-19(12)26-21-25-13(2)14(3)27-28(21)11-16-8-17(22)20(24)18(23)9-16/h4-5,8-10,29H,2,6-7,11H2,1,3H3,(H,25,26). The van der Waals surface area contributed by atoms with E-state index in [1.165, 1.54) is 5.01 Å². The fraction of sp³-hybridized carbons (Fsp3) is 0.238. The maximum absolute atomic E-state index is 13.6. The zero-order valence-corrected chi connectivity index (χ0v) is 16.1. The van der Waals surface area contributed by atoms with Crippen molar-refractivity contribution in [1.29, 1.82) is 0 Å². The second kappa shape index (κ2) is 8.48. The molecule has 0 bridgehead atoms. The molecule has 2 N–H and O–H groups in total. The Morgan fingerprint density at radius 1 is 1.10 bits per heavy atom. The number of allylic oxidation sites excluding steroid dienone is 1. The molecule has 1 aliphatic rings. The lowest BCUT2D eigenvalue weighted by Gasteiger charge is -2.28. The summed E-state index contributed by atoms with van der Waals surface area (Å²) in [5.74, 6) is -3.72. The second-order valence-electron chi connectivity index (χ2n) is 6.75. The molecule has 0 fully saturated rings. The van der Waals surface area contributed by atoms with Gasteiger partial charge in [-0.2, -0.15) is 5.10 Å². The molecule has 152 valence electrons. The third-order valence-corrected chi connectivity index (χ3v) is 4.49. The number of aliphatic imine (C=N–C) groups is 1. The minimum Gasteiger partial charge on any atom is -0.396 e. The number of guanidine groups is 1. The van der Waals surface area contributed by atoms with Gasteiger partial charge in [0.05, 0.1) is 23.6 Å². The Morgan fingerprint density at radius 3 is 2.45 bits per heavy atom. The highest BCUT2D eigenvalue weighted by atomic mass is 19.2. The average molecular weight is 402 g/mol. The van der Waals surface area contributed by atoms with Gasteiger partial charge in [0, 0.05) is 6.61 Å². The molecule has 0 saturated carbocycles. The van der Waals surface area contributed by atoms with Crippen molar-refractivity contribution in [3.8, 4) is 0 Å².